The second kappa shape index (κ2) is 5.48. The van der Waals surface area contributed by atoms with Crippen LogP contribution in [0, 0.1) is 6.92 Å². The Balaban J connectivity index is 2.10. The number of hydrogen-bond acceptors (Lipinski definition) is 4. The maximum atomic E-state index is 11.2. The van der Waals surface area contributed by atoms with Gasteiger partial charge in [-0.05, 0) is 37.3 Å². The van der Waals surface area contributed by atoms with Crippen molar-refractivity contribution in [3.8, 4) is 11.6 Å². The normalized spacial score (nSPS) is 10.1. The average molecular weight is 257 g/mol. The first kappa shape index (κ1) is 13.0. The lowest BCUT2D eigenvalue weighted by atomic mass is 10.3. The second-order valence-corrected chi connectivity index (χ2v) is 4.19. The predicted molar refractivity (Wildman–Crippen MR) is 72.4 cm³/mol. The van der Waals surface area contributed by atoms with E-state index in [1.165, 1.54) is 6.92 Å². The van der Waals surface area contributed by atoms with Crippen LogP contribution < -0.4 is 9.64 Å². The third-order valence-electron chi connectivity index (χ3n) is 2.69. The van der Waals surface area contributed by atoms with E-state index in [1.807, 2.05) is 25.1 Å². The number of aryl methyl sites for hydroxylation is 1. The highest BCUT2D eigenvalue weighted by Gasteiger charge is 2.05. The van der Waals surface area contributed by atoms with Gasteiger partial charge in [0, 0.05) is 25.7 Å². The number of aromatic nitrogens is 2. The fourth-order valence-electron chi connectivity index (χ4n) is 1.48. The van der Waals surface area contributed by atoms with Gasteiger partial charge in [0.1, 0.15) is 5.75 Å². The molecule has 0 saturated carbocycles. The number of hydrogen-bond donors (Lipinski definition) is 0. The molecule has 0 aliphatic carbocycles. The fourth-order valence-corrected chi connectivity index (χ4v) is 1.48. The number of benzene rings is 1. The van der Waals surface area contributed by atoms with Crippen molar-refractivity contribution in [2.24, 2.45) is 0 Å². The van der Waals surface area contributed by atoms with Crippen molar-refractivity contribution in [1.29, 1.82) is 0 Å². The van der Waals surface area contributed by atoms with Gasteiger partial charge in [0.25, 0.3) is 0 Å². The number of nitrogens with zero attached hydrogens (tertiary/aromatic N) is 3. The maximum Gasteiger partial charge on any atom is 0.238 e. The predicted octanol–water partition coefficient (Wildman–Crippen LogP) is 2.56. The minimum atomic E-state index is -0.0157. The minimum absolute atomic E-state index is 0.0157. The van der Waals surface area contributed by atoms with E-state index in [2.05, 4.69) is 10.2 Å². The van der Waals surface area contributed by atoms with E-state index in [-0.39, 0.29) is 5.91 Å². The molecule has 1 aromatic carbocycles. The summed E-state index contributed by atoms with van der Waals surface area (Å²) in [5.41, 5.74) is 1.65. The fraction of sp³-hybridized carbons (Fsp3) is 0.214. The highest BCUT2D eigenvalue weighted by atomic mass is 16.5. The van der Waals surface area contributed by atoms with E-state index < -0.39 is 0 Å². The van der Waals surface area contributed by atoms with Crippen molar-refractivity contribution in [3.63, 3.8) is 0 Å². The summed E-state index contributed by atoms with van der Waals surface area (Å²) in [7, 11) is 1.73. The largest absolute Gasteiger partial charge is 0.438 e. The van der Waals surface area contributed by atoms with Gasteiger partial charge in [-0.2, -0.15) is 5.10 Å². The summed E-state index contributed by atoms with van der Waals surface area (Å²) in [6.45, 7) is 3.38. The summed E-state index contributed by atoms with van der Waals surface area (Å²) in [6.07, 6.45) is 0. The Morgan fingerprint density at radius 1 is 1.11 bits per heavy atom. The third-order valence-corrected chi connectivity index (χ3v) is 2.69. The monoisotopic (exact) mass is 257 g/mol. The molecule has 0 fully saturated rings. The quantitative estimate of drug-likeness (QED) is 0.848. The Labute approximate surface area is 111 Å². The zero-order valence-electron chi connectivity index (χ0n) is 11.1. The molecule has 0 unspecified atom stereocenters. The van der Waals surface area contributed by atoms with Crippen molar-refractivity contribution in [3.05, 3.63) is 42.1 Å². The number of carbonyl (C=O) groups excluding carboxylic acids is 1. The number of carbonyl (C=O) groups is 1. The van der Waals surface area contributed by atoms with E-state index >= 15 is 0 Å². The molecule has 0 aliphatic rings. The lowest BCUT2D eigenvalue weighted by molar-refractivity contribution is -0.116. The molecule has 19 heavy (non-hydrogen) atoms. The van der Waals surface area contributed by atoms with Crippen molar-refractivity contribution in [2.75, 3.05) is 11.9 Å². The van der Waals surface area contributed by atoms with Gasteiger partial charge >= 0.3 is 0 Å². The number of amides is 1. The molecule has 0 atom stereocenters. The van der Waals surface area contributed by atoms with Crippen LogP contribution in [0.1, 0.15) is 12.6 Å². The Hall–Kier alpha value is -2.43. The van der Waals surface area contributed by atoms with E-state index in [0.717, 1.165) is 11.4 Å². The Morgan fingerprint density at radius 3 is 2.32 bits per heavy atom. The number of ether oxygens (including phenoxy) is 1. The van der Waals surface area contributed by atoms with Crippen LogP contribution in [0.4, 0.5) is 5.69 Å². The van der Waals surface area contributed by atoms with Crippen LogP contribution in [-0.2, 0) is 4.79 Å². The summed E-state index contributed by atoms with van der Waals surface area (Å²) in [4.78, 5) is 12.8. The number of anilines is 1. The van der Waals surface area contributed by atoms with Crippen LogP contribution in [-0.4, -0.2) is 23.2 Å². The first-order valence-corrected chi connectivity index (χ1v) is 5.89. The molecule has 1 aromatic heterocycles. The van der Waals surface area contributed by atoms with Crippen LogP contribution in [0.2, 0.25) is 0 Å². The number of rotatable bonds is 3. The van der Waals surface area contributed by atoms with Gasteiger partial charge in [0.2, 0.25) is 11.8 Å². The lowest BCUT2D eigenvalue weighted by Crippen LogP contribution is -2.22. The minimum Gasteiger partial charge on any atom is -0.438 e. The second-order valence-electron chi connectivity index (χ2n) is 4.19. The molecule has 5 nitrogen and oxygen atoms in total. The lowest BCUT2D eigenvalue weighted by Gasteiger charge is -2.15. The van der Waals surface area contributed by atoms with Crippen LogP contribution in [0.3, 0.4) is 0 Å². The molecule has 0 saturated heterocycles. The van der Waals surface area contributed by atoms with E-state index in [9.17, 15) is 4.79 Å². The molecule has 1 heterocycles. The molecule has 1 amide bonds. The van der Waals surface area contributed by atoms with Crippen molar-refractivity contribution < 1.29 is 9.53 Å². The average Bonchev–Trinajstić information content (AvgIpc) is 2.41. The molecule has 5 heteroatoms. The van der Waals surface area contributed by atoms with Crippen LogP contribution >= 0.6 is 0 Å². The molecule has 2 rings (SSSR count). The van der Waals surface area contributed by atoms with E-state index in [4.69, 9.17) is 4.74 Å². The van der Waals surface area contributed by atoms with Gasteiger partial charge < -0.3 is 9.64 Å². The molecule has 0 spiro atoms. The standard InChI is InChI=1S/C14H15N3O2/c1-10-4-9-14(16-15-10)19-13-7-5-12(6-8-13)17(3)11(2)18/h4-9H,1-3H3. The van der Waals surface area contributed by atoms with Gasteiger partial charge in [-0.25, -0.2) is 0 Å². The maximum absolute atomic E-state index is 11.2. The summed E-state index contributed by atoms with van der Waals surface area (Å²) in [5.74, 6) is 1.08. The first-order chi connectivity index (χ1) is 9.06. The Morgan fingerprint density at radius 2 is 1.79 bits per heavy atom. The van der Waals surface area contributed by atoms with Crippen molar-refractivity contribution in [1.82, 2.24) is 10.2 Å². The molecule has 0 bridgehead atoms. The van der Waals surface area contributed by atoms with Crippen molar-refractivity contribution in [2.45, 2.75) is 13.8 Å². The molecule has 98 valence electrons. The molecule has 0 aliphatic heterocycles. The van der Waals surface area contributed by atoms with E-state index in [1.54, 1.807) is 30.1 Å². The van der Waals surface area contributed by atoms with Crippen LogP contribution in [0.5, 0.6) is 11.6 Å². The molecule has 2 aromatic rings. The van der Waals surface area contributed by atoms with Crippen molar-refractivity contribution >= 4 is 11.6 Å². The SMILES string of the molecule is CC(=O)N(C)c1ccc(Oc2ccc(C)nn2)cc1. The van der Waals surface area contributed by atoms with Gasteiger partial charge in [0.05, 0.1) is 5.69 Å². The summed E-state index contributed by atoms with van der Waals surface area (Å²) in [6, 6.07) is 10.8. The molecule has 0 N–H and O–H groups in total. The highest BCUT2D eigenvalue weighted by Crippen LogP contribution is 2.22. The van der Waals surface area contributed by atoms with Crippen LogP contribution in [0.15, 0.2) is 36.4 Å². The summed E-state index contributed by atoms with van der Waals surface area (Å²) >= 11 is 0. The summed E-state index contributed by atoms with van der Waals surface area (Å²) in [5, 5.41) is 7.84. The topological polar surface area (TPSA) is 55.3 Å². The molecule has 0 radical (unpaired) electrons. The third kappa shape index (κ3) is 3.28. The van der Waals surface area contributed by atoms with E-state index in [0.29, 0.717) is 11.6 Å². The summed E-state index contributed by atoms with van der Waals surface area (Å²) < 4.78 is 5.55. The highest BCUT2D eigenvalue weighted by molar-refractivity contribution is 5.90. The van der Waals surface area contributed by atoms with Gasteiger partial charge in [-0.15, -0.1) is 5.10 Å². The zero-order valence-corrected chi connectivity index (χ0v) is 11.1. The Kier molecular flexibility index (Phi) is 3.75. The smallest absolute Gasteiger partial charge is 0.238 e. The molecular formula is C14H15N3O2. The van der Waals surface area contributed by atoms with Crippen LogP contribution in [0.25, 0.3) is 0 Å². The zero-order chi connectivity index (χ0) is 13.8. The van der Waals surface area contributed by atoms with Gasteiger partial charge in [-0.3, -0.25) is 4.79 Å². The van der Waals surface area contributed by atoms with Gasteiger partial charge in [0.15, 0.2) is 0 Å². The Bertz CT molecular complexity index is 564. The first-order valence-electron chi connectivity index (χ1n) is 5.89. The molecular weight excluding hydrogens is 242 g/mol. The van der Waals surface area contributed by atoms with Gasteiger partial charge in [-0.1, -0.05) is 0 Å².